The van der Waals surface area contributed by atoms with Crippen molar-refractivity contribution in [1.82, 2.24) is 9.97 Å². The van der Waals surface area contributed by atoms with E-state index in [9.17, 15) is 9.18 Å². The Morgan fingerprint density at radius 2 is 2.11 bits per heavy atom. The minimum absolute atomic E-state index is 0.408. The Kier molecular flexibility index (Phi) is 2.26. The summed E-state index contributed by atoms with van der Waals surface area (Å²) >= 11 is 0. The van der Waals surface area contributed by atoms with E-state index in [2.05, 4.69) is 14.7 Å². The maximum atomic E-state index is 13.1. The molecule has 3 rings (SSSR count). The number of carbonyl (C=O) groups excluding carboxylic acids is 1. The first-order valence-corrected chi connectivity index (χ1v) is 5.35. The van der Waals surface area contributed by atoms with Crippen LogP contribution in [0, 0.1) is 5.95 Å². The summed E-state index contributed by atoms with van der Waals surface area (Å²) in [5.74, 6) is -0.935. The molecule has 2 aromatic heterocycles. The number of methoxy groups -OCH3 is 1. The monoisotopic (exact) mass is 244 g/mol. The summed E-state index contributed by atoms with van der Waals surface area (Å²) in [4.78, 5) is 18.3. The minimum Gasteiger partial charge on any atom is -0.465 e. The first-order chi connectivity index (χ1) is 8.69. The Labute approximate surface area is 101 Å². The zero-order valence-corrected chi connectivity index (χ0v) is 9.53. The third-order valence-corrected chi connectivity index (χ3v) is 2.83. The minimum atomic E-state index is -0.527. The van der Waals surface area contributed by atoms with Gasteiger partial charge in [0.2, 0.25) is 5.95 Å². The number of nitrogens with zero attached hydrogens (tertiary/aromatic N) is 1. The van der Waals surface area contributed by atoms with Crippen LogP contribution in [0.5, 0.6) is 0 Å². The van der Waals surface area contributed by atoms with Crippen LogP contribution in [0.2, 0.25) is 0 Å². The summed E-state index contributed by atoms with van der Waals surface area (Å²) in [5.41, 5.74) is 2.46. The van der Waals surface area contributed by atoms with Crippen LogP contribution in [0.1, 0.15) is 10.4 Å². The average Bonchev–Trinajstić information content (AvgIpc) is 2.74. The second-order valence-electron chi connectivity index (χ2n) is 3.91. The van der Waals surface area contributed by atoms with Gasteiger partial charge in [-0.05, 0) is 30.3 Å². The molecule has 0 spiro atoms. The number of hydrogen-bond acceptors (Lipinski definition) is 3. The molecule has 0 atom stereocenters. The van der Waals surface area contributed by atoms with E-state index in [-0.39, 0.29) is 0 Å². The van der Waals surface area contributed by atoms with Crippen molar-refractivity contribution >= 4 is 27.9 Å². The number of carbonyl (C=O) groups is 1. The highest BCUT2D eigenvalue weighted by molar-refractivity contribution is 6.06. The van der Waals surface area contributed by atoms with Gasteiger partial charge in [0.15, 0.2) is 0 Å². The second kappa shape index (κ2) is 3.80. The van der Waals surface area contributed by atoms with E-state index in [1.807, 2.05) is 0 Å². The third kappa shape index (κ3) is 1.52. The third-order valence-electron chi connectivity index (χ3n) is 2.83. The van der Waals surface area contributed by atoms with Gasteiger partial charge < -0.3 is 9.72 Å². The Morgan fingerprint density at radius 3 is 2.89 bits per heavy atom. The fourth-order valence-corrected chi connectivity index (χ4v) is 1.99. The molecule has 18 heavy (non-hydrogen) atoms. The van der Waals surface area contributed by atoms with Crippen LogP contribution in [-0.2, 0) is 4.74 Å². The number of aromatic amines is 1. The van der Waals surface area contributed by atoms with E-state index in [0.29, 0.717) is 11.1 Å². The fraction of sp³-hybridized carbons (Fsp3) is 0.0769. The molecule has 0 radical (unpaired) electrons. The number of rotatable bonds is 1. The predicted octanol–water partition coefficient (Wildman–Crippen LogP) is 2.64. The van der Waals surface area contributed by atoms with Gasteiger partial charge in [0.05, 0.1) is 23.7 Å². The lowest BCUT2D eigenvalue weighted by atomic mass is 10.1. The number of halogens is 1. The number of hydrogen-bond donors (Lipinski definition) is 1. The number of pyridine rings is 1. The summed E-state index contributed by atoms with van der Waals surface area (Å²) in [6, 6.07) is 7.94. The molecule has 0 aliphatic heterocycles. The number of fused-ring (bicyclic) bond motifs is 3. The summed E-state index contributed by atoms with van der Waals surface area (Å²) in [5, 5.41) is 0.775. The van der Waals surface area contributed by atoms with Gasteiger partial charge in [-0.15, -0.1) is 0 Å². The summed E-state index contributed by atoms with van der Waals surface area (Å²) in [6.45, 7) is 0. The van der Waals surface area contributed by atoms with Crippen LogP contribution in [0.3, 0.4) is 0 Å². The molecule has 0 amide bonds. The Hall–Kier alpha value is -2.43. The van der Waals surface area contributed by atoms with Gasteiger partial charge in [-0.3, -0.25) is 0 Å². The molecule has 0 bridgehead atoms. The SMILES string of the molecule is COC(=O)c1ccc2c(c1)[nH]c1ccc(F)nc12. The molecule has 0 saturated carbocycles. The molecule has 0 aliphatic carbocycles. The van der Waals surface area contributed by atoms with Crippen LogP contribution in [0.4, 0.5) is 4.39 Å². The predicted molar refractivity (Wildman–Crippen MR) is 64.9 cm³/mol. The number of nitrogens with one attached hydrogen (secondary N) is 1. The molecule has 1 N–H and O–H groups in total. The van der Waals surface area contributed by atoms with E-state index in [0.717, 1.165) is 16.4 Å². The van der Waals surface area contributed by atoms with Crippen molar-refractivity contribution in [3.8, 4) is 0 Å². The Balaban J connectivity index is 2.30. The Bertz CT molecular complexity index is 764. The Morgan fingerprint density at radius 1 is 1.28 bits per heavy atom. The van der Waals surface area contributed by atoms with Crippen LogP contribution in [0.15, 0.2) is 30.3 Å². The van der Waals surface area contributed by atoms with Crippen molar-refractivity contribution in [3.63, 3.8) is 0 Å². The molecule has 0 unspecified atom stereocenters. The van der Waals surface area contributed by atoms with Gasteiger partial charge in [0.25, 0.3) is 0 Å². The molecule has 4 nitrogen and oxygen atoms in total. The lowest BCUT2D eigenvalue weighted by Crippen LogP contribution is -2.00. The highest BCUT2D eigenvalue weighted by Crippen LogP contribution is 2.24. The van der Waals surface area contributed by atoms with Crippen molar-refractivity contribution in [2.45, 2.75) is 0 Å². The smallest absolute Gasteiger partial charge is 0.337 e. The molecule has 0 saturated heterocycles. The van der Waals surface area contributed by atoms with Gasteiger partial charge >= 0.3 is 5.97 Å². The van der Waals surface area contributed by atoms with Crippen molar-refractivity contribution in [2.24, 2.45) is 0 Å². The highest BCUT2D eigenvalue weighted by atomic mass is 19.1. The lowest BCUT2D eigenvalue weighted by molar-refractivity contribution is 0.0601. The summed E-state index contributed by atoms with van der Waals surface area (Å²) < 4.78 is 17.8. The topological polar surface area (TPSA) is 55.0 Å². The molecule has 0 aliphatic rings. The van der Waals surface area contributed by atoms with Crippen LogP contribution < -0.4 is 0 Å². The normalized spacial score (nSPS) is 11.0. The summed E-state index contributed by atoms with van der Waals surface area (Å²) in [6.07, 6.45) is 0. The van der Waals surface area contributed by atoms with Gasteiger partial charge in [0, 0.05) is 10.9 Å². The molecular weight excluding hydrogens is 235 g/mol. The van der Waals surface area contributed by atoms with E-state index >= 15 is 0 Å². The maximum absolute atomic E-state index is 13.1. The van der Waals surface area contributed by atoms with E-state index in [1.54, 1.807) is 24.3 Å². The number of benzene rings is 1. The number of ether oxygens (including phenoxy) is 1. The molecule has 0 fully saturated rings. The second-order valence-corrected chi connectivity index (χ2v) is 3.91. The van der Waals surface area contributed by atoms with E-state index < -0.39 is 11.9 Å². The van der Waals surface area contributed by atoms with Gasteiger partial charge in [-0.2, -0.15) is 4.39 Å². The largest absolute Gasteiger partial charge is 0.465 e. The first kappa shape index (κ1) is 10.7. The number of H-pyrrole nitrogens is 1. The molecule has 2 heterocycles. The molecular formula is C13H9FN2O2. The first-order valence-electron chi connectivity index (χ1n) is 5.35. The fourth-order valence-electron chi connectivity index (χ4n) is 1.99. The number of aromatic nitrogens is 2. The lowest BCUT2D eigenvalue weighted by Gasteiger charge is -1.98. The zero-order valence-electron chi connectivity index (χ0n) is 9.53. The van der Waals surface area contributed by atoms with Crippen molar-refractivity contribution in [2.75, 3.05) is 7.11 Å². The molecule has 5 heteroatoms. The molecule has 3 aromatic rings. The van der Waals surface area contributed by atoms with Gasteiger partial charge in [0.1, 0.15) is 0 Å². The standard InChI is InChI=1S/C13H9FN2O2/c1-18-13(17)7-2-3-8-10(6-7)15-9-4-5-11(14)16-12(8)9/h2-6,15H,1H3. The number of esters is 1. The summed E-state index contributed by atoms with van der Waals surface area (Å²) in [7, 11) is 1.33. The van der Waals surface area contributed by atoms with Gasteiger partial charge in [-0.1, -0.05) is 0 Å². The van der Waals surface area contributed by atoms with E-state index in [4.69, 9.17) is 0 Å². The van der Waals surface area contributed by atoms with Gasteiger partial charge in [-0.25, -0.2) is 9.78 Å². The van der Waals surface area contributed by atoms with E-state index in [1.165, 1.54) is 13.2 Å². The van der Waals surface area contributed by atoms with Crippen molar-refractivity contribution in [3.05, 3.63) is 41.8 Å². The van der Waals surface area contributed by atoms with Crippen LogP contribution in [0.25, 0.3) is 21.9 Å². The van der Waals surface area contributed by atoms with Crippen molar-refractivity contribution in [1.29, 1.82) is 0 Å². The zero-order chi connectivity index (χ0) is 12.7. The molecule has 90 valence electrons. The molecule has 1 aromatic carbocycles. The van der Waals surface area contributed by atoms with Crippen LogP contribution in [-0.4, -0.2) is 23.0 Å². The van der Waals surface area contributed by atoms with Crippen molar-refractivity contribution < 1.29 is 13.9 Å². The quantitative estimate of drug-likeness (QED) is 0.529. The average molecular weight is 244 g/mol. The highest BCUT2D eigenvalue weighted by Gasteiger charge is 2.10. The maximum Gasteiger partial charge on any atom is 0.337 e. The van der Waals surface area contributed by atoms with Crippen LogP contribution >= 0.6 is 0 Å².